The van der Waals surface area contributed by atoms with Crippen LogP contribution in [0.2, 0.25) is 0 Å². The minimum atomic E-state index is -0.143. The molecular formula is C12H11NO2S. The number of hydrogen-bond donors (Lipinski definition) is 2. The third kappa shape index (κ3) is 2.29. The lowest BCUT2D eigenvalue weighted by atomic mass is 10.2. The van der Waals surface area contributed by atoms with Crippen LogP contribution in [0.3, 0.4) is 0 Å². The number of anilines is 1. The van der Waals surface area contributed by atoms with Crippen LogP contribution in [0.15, 0.2) is 41.8 Å². The molecule has 1 heterocycles. The van der Waals surface area contributed by atoms with Gasteiger partial charge in [0.15, 0.2) is 0 Å². The summed E-state index contributed by atoms with van der Waals surface area (Å²) in [5.41, 5.74) is 1.37. The van der Waals surface area contributed by atoms with E-state index in [9.17, 15) is 4.79 Å². The number of hydrogen-bond acceptors (Lipinski definition) is 3. The molecule has 0 atom stereocenters. The number of para-hydroxylation sites is 1. The van der Waals surface area contributed by atoms with Gasteiger partial charge in [-0.25, -0.2) is 0 Å². The Hall–Kier alpha value is -1.65. The van der Waals surface area contributed by atoms with Gasteiger partial charge in [0.1, 0.15) is 0 Å². The predicted octanol–water partition coefficient (Wildman–Crippen LogP) is 2.49. The highest BCUT2D eigenvalue weighted by molar-refractivity contribution is 7.12. The number of nitrogens with one attached hydrogen (secondary N) is 1. The molecule has 0 saturated heterocycles. The molecular weight excluding hydrogens is 222 g/mol. The molecule has 0 saturated carbocycles. The molecule has 0 aliphatic carbocycles. The highest BCUT2D eigenvalue weighted by atomic mass is 32.1. The van der Waals surface area contributed by atoms with E-state index < -0.39 is 0 Å². The van der Waals surface area contributed by atoms with Crippen molar-refractivity contribution in [3.05, 3.63) is 52.2 Å². The van der Waals surface area contributed by atoms with Crippen LogP contribution >= 0.6 is 11.3 Å². The third-order valence-electron chi connectivity index (χ3n) is 2.18. The van der Waals surface area contributed by atoms with Gasteiger partial charge in [-0.1, -0.05) is 24.3 Å². The Balaban J connectivity index is 2.18. The smallest absolute Gasteiger partial charge is 0.265 e. The van der Waals surface area contributed by atoms with Crippen molar-refractivity contribution in [2.45, 2.75) is 6.61 Å². The maximum absolute atomic E-state index is 11.8. The van der Waals surface area contributed by atoms with Crippen LogP contribution in [0.5, 0.6) is 0 Å². The van der Waals surface area contributed by atoms with Crippen LogP contribution in [-0.4, -0.2) is 11.0 Å². The first-order chi connectivity index (χ1) is 7.81. The highest BCUT2D eigenvalue weighted by Gasteiger charge is 2.08. The zero-order valence-electron chi connectivity index (χ0n) is 8.51. The Kier molecular flexibility index (Phi) is 3.34. The van der Waals surface area contributed by atoms with E-state index in [4.69, 9.17) is 5.11 Å². The monoisotopic (exact) mass is 233 g/mol. The molecule has 16 heavy (non-hydrogen) atoms. The van der Waals surface area contributed by atoms with Gasteiger partial charge in [0, 0.05) is 11.3 Å². The van der Waals surface area contributed by atoms with Gasteiger partial charge < -0.3 is 10.4 Å². The second-order valence-corrected chi connectivity index (χ2v) is 4.19. The summed E-state index contributed by atoms with van der Waals surface area (Å²) >= 11 is 1.39. The molecule has 2 rings (SSSR count). The molecule has 2 N–H and O–H groups in total. The van der Waals surface area contributed by atoms with Crippen LogP contribution in [0.4, 0.5) is 5.69 Å². The van der Waals surface area contributed by atoms with E-state index in [0.29, 0.717) is 16.1 Å². The first kappa shape index (κ1) is 10.9. The van der Waals surface area contributed by atoms with Crippen molar-refractivity contribution in [1.82, 2.24) is 0 Å². The van der Waals surface area contributed by atoms with Crippen LogP contribution < -0.4 is 5.32 Å². The Morgan fingerprint density at radius 2 is 2.06 bits per heavy atom. The third-order valence-corrected chi connectivity index (χ3v) is 3.05. The average Bonchev–Trinajstić information content (AvgIpc) is 2.83. The van der Waals surface area contributed by atoms with E-state index >= 15 is 0 Å². The maximum Gasteiger partial charge on any atom is 0.265 e. The number of carbonyl (C=O) groups excluding carboxylic acids is 1. The van der Waals surface area contributed by atoms with Gasteiger partial charge >= 0.3 is 0 Å². The molecule has 0 radical (unpaired) electrons. The Labute approximate surface area is 97.4 Å². The minimum absolute atomic E-state index is 0.0824. The molecule has 82 valence electrons. The van der Waals surface area contributed by atoms with E-state index in [1.165, 1.54) is 11.3 Å². The molecule has 4 heteroatoms. The van der Waals surface area contributed by atoms with Crippen molar-refractivity contribution >= 4 is 22.9 Å². The fourth-order valence-electron chi connectivity index (χ4n) is 1.37. The second-order valence-electron chi connectivity index (χ2n) is 3.25. The Morgan fingerprint density at radius 1 is 1.25 bits per heavy atom. The number of carbonyl (C=O) groups is 1. The van der Waals surface area contributed by atoms with Gasteiger partial charge in [-0.3, -0.25) is 4.79 Å². The summed E-state index contributed by atoms with van der Waals surface area (Å²) in [7, 11) is 0. The summed E-state index contributed by atoms with van der Waals surface area (Å²) in [6.07, 6.45) is 0. The molecule has 0 bridgehead atoms. The van der Waals surface area contributed by atoms with Crippen LogP contribution in [-0.2, 0) is 6.61 Å². The summed E-state index contributed by atoms with van der Waals surface area (Å²) in [6.45, 7) is -0.0824. The topological polar surface area (TPSA) is 49.3 Å². The largest absolute Gasteiger partial charge is 0.392 e. The molecule has 1 aromatic heterocycles. The lowest BCUT2D eigenvalue weighted by molar-refractivity contribution is 0.103. The SMILES string of the molecule is O=C(Nc1ccccc1CO)c1cccs1. The molecule has 0 aliphatic rings. The van der Waals surface area contributed by atoms with Crippen molar-refractivity contribution in [2.24, 2.45) is 0 Å². The number of thiophene rings is 1. The molecule has 3 nitrogen and oxygen atoms in total. The van der Waals surface area contributed by atoms with Crippen molar-refractivity contribution in [3.63, 3.8) is 0 Å². The van der Waals surface area contributed by atoms with Gasteiger partial charge in [0.25, 0.3) is 5.91 Å². The van der Waals surface area contributed by atoms with Crippen LogP contribution in [0.25, 0.3) is 0 Å². The zero-order chi connectivity index (χ0) is 11.4. The number of benzene rings is 1. The Bertz CT molecular complexity index is 480. The van der Waals surface area contributed by atoms with Crippen molar-refractivity contribution in [3.8, 4) is 0 Å². The Morgan fingerprint density at radius 3 is 2.75 bits per heavy atom. The lowest BCUT2D eigenvalue weighted by Gasteiger charge is -2.07. The maximum atomic E-state index is 11.8. The average molecular weight is 233 g/mol. The lowest BCUT2D eigenvalue weighted by Crippen LogP contribution is -2.11. The summed E-state index contributed by atoms with van der Waals surface area (Å²) in [5.74, 6) is -0.143. The summed E-state index contributed by atoms with van der Waals surface area (Å²) in [5, 5.41) is 13.7. The van der Waals surface area contributed by atoms with E-state index in [-0.39, 0.29) is 12.5 Å². The van der Waals surface area contributed by atoms with Gasteiger partial charge in [-0.05, 0) is 17.5 Å². The van der Waals surface area contributed by atoms with E-state index in [1.807, 2.05) is 23.6 Å². The fraction of sp³-hybridized carbons (Fsp3) is 0.0833. The second kappa shape index (κ2) is 4.92. The normalized spacial score (nSPS) is 10.1. The van der Waals surface area contributed by atoms with E-state index in [0.717, 1.165) is 0 Å². The van der Waals surface area contributed by atoms with E-state index in [1.54, 1.807) is 18.2 Å². The predicted molar refractivity (Wildman–Crippen MR) is 64.6 cm³/mol. The summed E-state index contributed by atoms with van der Waals surface area (Å²) < 4.78 is 0. The van der Waals surface area contributed by atoms with Crippen molar-refractivity contribution in [1.29, 1.82) is 0 Å². The standard InChI is InChI=1S/C12H11NO2S/c14-8-9-4-1-2-5-10(9)13-12(15)11-6-3-7-16-11/h1-7,14H,8H2,(H,13,15). The summed E-state index contributed by atoms with van der Waals surface area (Å²) in [4.78, 5) is 12.4. The number of aliphatic hydroxyl groups is 1. The van der Waals surface area contributed by atoms with Gasteiger partial charge in [0.2, 0.25) is 0 Å². The quantitative estimate of drug-likeness (QED) is 0.855. The minimum Gasteiger partial charge on any atom is -0.392 e. The highest BCUT2D eigenvalue weighted by Crippen LogP contribution is 2.17. The van der Waals surface area contributed by atoms with Crippen LogP contribution in [0, 0.1) is 0 Å². The van der Waals surface area contributed by atoms with Gasteiger partial charge in [-0.2, -0.15) is 0 Å². The molecule has 0 spiro atoms. The zero-order valence-corrected chi connectivity index (χ0v) is 9.33. The first-order valence-electron chi connectivity index (χ1n) is 4.85. The van der Waals surface area contributed by atoms with Gasteiger partial charge in [0.05, 0.1) is 11.5 Å². The first-order valence-corrected chi connectivity index (χ1v) is 5.73. The fourth-order valence-corrected chi connectivity index (χ4v) is 1.99. The van der Waals surface area contributed by atoms with Gasteiger partial charge in [-0.15, -0.1) is 11.3 Å². The number of aliphatic hydroxyl groups excluding tert-OH is 1. The molecule has 1 amide bonds. The van der Waals surface area contributed by atoms with Crippen LogP contribution in [0.1, 0.15) is 15.2 Å². The molecule has 0 aliphatic heterocycles. The molecule has 1 aromatic carbocycles. The summed E-state index contributed by atoms with van der Waals surface area (Å²) in [6, 6.07) is 10.8. The molecule has 0 fully saturated rings. The number of amides is 1. The molecule has 0 unspecified atom stereocenters. The number of rotatable bonds is 3. The van der Waals surface area contributed by atoms with E-state index in [2.05, 4.69) is 5.32 Å². The molecule has 2 aromatic rings. The van der Waals surface area contributed by atoms with Crippen molar-refractivity contribution in [2.75, 3.05) is 5.32 Å². The van der Waals surface area contributed by atoms with Crippen molar-refractivity contribution < 1.29 is 9.90 Å².